The third-order valence-corrected chi connectivity index (χ3v) is 3.35. The molecule has 6 heteroatoms. The zero-order valence-corrected chi connectivity index (χ0v) is 11.4. The van der Waals surface area contributed by atoms with Crippen LogP contribution in [0.4, 0.5) is 0 Å². The van der Waals surface area contributed by atoms with Gasteiger partial charge in [0, 0.05) is 7.05 Å². The first-order chi connectivity index (χ1) is 9.08. The maximum Gasteiger partial charge on any atom is 0.287 e. The Morgan fingerprint density at radius 2 is 1.95 bits per heavy atom. The smallest absolute Gasteiger partial charge is 0.287 e. The molecule has 0 amide bonds. The van der Waals surface area contributed by atoms with Gasteiger partial charge in [0.2, 0.25) is 0 Å². The van der Waals surface area contributed by atoms with E-state index < -0.39 is 0 Å². The van der Waals surface area contributed by atoms with E-state index in [1.165, 1.54) is 4.57 Å². The van der Waals surface area contributed by atoms with Gasteiger partial charge in [0.05, 0.1) is 12.0 Å². The Morgan fingerprint density at radius 3 is 2.63 bits per heavy atom. The number of fused-ring (bicyclic) bond motifs is 1. The van der Waals surface area contributed by atoms with Gasteiger partial charge in [0.25, 0.3) is 5.56 Å². The summed E-state index contributed by atoms with van der Waals surface area (Å²) in [5, 5.41) is 0. The van der Waals surface area contributed by atoms with E-state index in [0.717, 1.165) is 11.3 Å². The number of nitrogens with one attached hydrogen (secondary N) is 1. The highest BCUT2D eigenvalue weighted by atomic mass is 32.1. The molecule has 0 bridgehead atoms. The van der Waals surface area contributed by atoms with Crippen LogP contribution in [0, 0.1) is 11.7 Å². The molecule has 19 heavy (non-hydrogen) atoms. The van der Waals surface area contributed by atoms with E-state index in [1.54, 1.807) is 10.9 Å². The minimum Gasteiger partial charge on any atom is -0.320 e. The SMILES string of the molecule is Cc1ccc(-n2c(=S)[nH]c3c(ncn3C)c2=O)cc1. The van der Waals surface area contributed by atoms with Gasteiger partial charge in [-0.3, -0.25) is 9.36 Å². The van der Waals surface area contributed by atoms with Crippen LogP contribution in [0.2, 0.25) is 0 Å². The van der Waals surface area contributed by atoms with Crippen molar-refractivity contribution in [3.8, 4) is 5.69 Å². The Balaban J connectivity index is 2.39. The van der Waals surface area contributed by atoms with Gasteiger partial charge in [-0.15, -0.1) is 0 Å². The molecular weight excluding hydrogens is 260 g/mol. The van der Waals surface area contributed by atoms with Crippen molar-refractivity contribution in [3.05, 3.63) is 51.3 Å². The summed E-state index contributed by atoms with van der Waals surface area (Å²) in [6, 6.07) is 7.63. The van der Waals surface area contributed by atoms with Gasteiger partial charge in [-0.25, -0.2) is 4.98 Å². The fraction of sp³-hybridized carbons (Fsp3) is 0.154. The standard InChI is InChI=1S/C13H12N4OS/c1-8-3-5-9(6-4-8)17-12(18)10-11(15-13(17)19)16(2)7-14-10/h3-7H,1-2H3,(H,15,19). The zero-order valence-electron chi connectivity index (χ0n) is 10.5. The summed E-state index contributed by atoms with van der Waals surface area (Å²) in [7, 11) is 1.82. The highest BCUT2D eigenvalue weighted by molar-refractivity contribution is 7.71. The number of benzene rings is 1. The van der Waals surface area contributed by atoms with E-state index in [9.17, 15) is 4.79 Å². The number of aromatic amines is 1. The molecule has 3 aromatic rings. The van der Waals surface area contributed by atoms with Gasteiger partial charge >= 0.3 is 0 Å². The summed E-state index contributed by atoms with van der Waals surface area (Å²) in [5.74, 6) is 0. The van der Waals surface area contributed by atoms with Crippen LogP contribution in [0.3, 0.4) is 0 Å². The van der Waals surface area contributed by atoms with Crippen molar-refractivity contribution in [1.29, 1.82) is 0 Å². The molecule has 96 valence electrons. The summed E-state index contributed by atoms with van der Waals surface area (Å²) in [6.45, 7) is 2.00. The van der Waals surface area contributed by atoms with Crippen molar-refractivity contribution in [2.24, 2.45) is 7.05 Å². The van der Waals surface area contributed by atoms with Gasteiger partial charge in [0.1, 0.15) is 5.65 Å². The third kappa shape index (κ3) is 1.80. The number of hydrogen-bond donors (Lipinski definition) is 1. The van der Waals surface area contributed by atoms with Crippen LogP contribution < -0.4 is 5.56 Å². The zero-order chi connectivity index (χ0) is 13.6. The average molecular weight is 272 g/mol. The van der Waals surface area contributed by atoms with E-state index in [0.29, 0.717) is 15.9 Å². The quantitative estimate of drug-likeness (QED) is 0.690. The average Bonchev–Trinajstić information content (AvgIpc) is 2.74. The van der Waals surface area contributed by atoms with E-state index in [1.807, 2.05) is 38.2 Å². The largest absolute Gasteiger partial charge is 0.320 e. The molecule has 0 aliphatic carbocycles. The molecule has 0 unspecified atom stereocenters. The van der Waals surface area contributed by atoms with Crippen molar-refractivity contribution in [2.45, 2.75) is 6.92 Å². The Bertz CT molecular complexity index is 870. The van der Waals surface area contributed by atoms with Crippen LogP contribution in [0.25, 0.3) is 16.9 Å². The summed E-state index contributed by atoms with van der Waals surface area (Å²) in [5.41, 5.74) is 2.69. The fourth-order valence-corrected chi connectivity index (χ4v) is 2.30. The second-order valence-corrected chi connectivity index (χ2v) is 4.85. The molecule has 0 saturated carbocycles. The predicted octanol–water partition coefficient (Wildman–Crippen LogP) is 2.09. The minimum absolute atomic E-state index is 0.205. The predicted molar refractivity (Wildman–Crippen MR) is 76.2 cm³/mol. The van der Waals surface area contributed by atoms with Gasteiger partial charge < -0.3 is 9.55 Å². The molecule has 0 aliphatic rings. The number of H-pyrrole nitrogens is 1. The number of aryl methyl sites for hydroxylation is 2. The van der Waals surface area contributed by atoms with Crippen LogP contribution in [-0.4, -0.2) is 19.1 Å². The molecule has 2 aromatic heterocycles. The lowest BCUT2D eigenvalue weighted by Crippen LogP contribution is -2.20. The molecule has 0 radical (unpaired) electrons. The molecule has 3 rings (SSSR count). The summed E-state index contributed by atoms with van der Waals surface area (Å²) >= 11 is 5.27. The van der Waals surface area contributed by atoms with Gasteiger partial charge in [0.15, 0.2) is 10.3 Å². The van der Waals surface area contributed by atoms with Gasteiger partial charge in [-0.05, 0) is 31.3 Å². The molecule has 0 saturated heterocycles. The van der Waals surface area contributed by atoms with Crippen molar-refractivity contribution < 1.29 is 0 Å². The van der Waals surface area contributed by atoms with Crippen molar-refractivity contribution >= 4 is 23.4 Å². The van der Waals surface area contributed by atoms with Crippen LogP contribution in [0.1, 0.15) is 5.56 Å². The number of nitrogens with zero attached hydrogens (tertiary/aromatic N) is 3. The molecule has 1 N–H and O–H groups in total. The second-order valence-electron chi connectivity index (χ2n) is 4.46. The van der Waals surface area contributed by atoms with Crippen molar-refractivity contribution in [1.82, 2.24) is 19.1 Å². The minimum atomic E-state index is -0.205. The maximum atomic E-state index is 12.4. The second kappa shape index (κ2) is 4.17. The van der Waals surface area contributed by atoms with E-state index >= 15 is 0 Å². The molecular formula is C13H12N4OS. The molecule has 2 heterocycles. The molecule has 0 atom stereocenters. The number of aromatic nitrogens is 4. The summed E-state index contributed by atoms with van der Waals surface area (Å²) in [6.07, 6.45) is 1.59. The first-order valence-corrected chi connectivity index (χ1v) is 6.22. The molecule has 0 spiro atoms. The highest BCUT2D eigenvalue weighted by Gasteiger charge is 2.10. The fourth-order valence-electron chi connectivity index (χ4n) is 2.02. The third-order valence-electron chi connectivity index (χ3n) is 3.06. The first-order valence-electron chi connectivity index (χ1n) is 5.81. The first kappa shape index (κ1) is 11.9. The highest BCUT2D eigenvalue weighted by Crippen LogP contribution is 2.10. The van der Waals surface area contributed by atoms with Crippen LogP contribution in [0.5, 0.6) is 0 Å². The van der Waals surface area contributed by atoms with Gasteiger partial charge in [-0.2, -0.15) is 0 Å². The molecule has 1 aromatic carbocycles. The Labute approximate surface area is 114 Å². The Hall–Kier alpha value is -2.21. The summed E-state index contributed by atoms with van der Waals surface area (Å²) < 4.78 is 3.57. The van der Waals surface area contributed by atoms with Crippen LogP contribution in [-0.2, 0) is 7.05 Å². The molecule has 0 aliphatic heterocycles. The van der Waals surface area contributed by atoms with Crippen molar-refractivity contribution in [3.63, 3.8) is 0 Å². The lowest BCUT2D eigenvalue weighted by molar-refractivity contribution is 0.897. The Morgan fingerprint density at radius 1 is 1.26 bits per heavy atom. The van der Waals surface area contributed by atoms with E-state index in [-0.39, 0.29) is 5.56 Å². The molecule has 5 nitrogen and oxygen atoms in total. The monoisotopic (exact) mass is 272 g/mol. The summed E-state index contributed by atoms with van der Waals surface area (Å²) in [4.78, 5) is 19.6. The van der Waals surface area contributed by atoms with Crippen LogP contribution >= 0.6 is 12.2 Å². The van der Waals surface area contributed by atoms with Gasteiger partial charge in [-0.1, -0.05) is 17.7 Å². The lowest BCUT2D eigenvalue weighted by Gasteiger charge is -2.06. The number of hydrogen-bond acceptors (Lipinski definition) is 3. The topological polar surface area (TPSA) is 55.6 Å². The van der Waals surface area contributed by atoms with Crippen LogP contribution in [0.15, 0.2) is 35.4 Å². The Kier molecular flexibility index (Phi) is 2.60. The molecule has 0 fully saturated rings. The lowest BCUT2D eigenvalue weighted by atomic mass is 10.2. The normalized spacial score (nSPS) is 11.1. The van der Waals surface area contributed by atoms with Crippen molar-refractivity contribution in [2.75, 3.05) is 0 Å². The van der Waals surface area contributed by atoms with E-state index in [4.69, 9.17) is 12.2 Å². The number of rotatable bonds is 1. The van der Waals surface area contributed by atoms with E-state index in [2.05, 4.69) is 9.97 Å². The maximum absolute atomic E-state index is 12.4. The number of imidazole rings is 1.